The lowest BCUT2D eigenvalue weighted by atomic mass is 10.1. The predicted molar refractivity (Wildman–Crippen MR) is 111 cm³/mol. The Morgan fingerprint density at radius 2 is 1.75 bits per heavy atom. The molecule has 2 aromatic carbocycles. The molecular formula is C22H19ClN2O3. The maximum atomic E-state index is 11.4. The molecule has 5 nitrogen and oxygen atoms in total. The van der Waals surface area contributed by atoms with Gasteiger partial charge in [0.15, 0.2) is 5.78 Å². The van der Waals surface area contributed by atoms with Gasteiger partial charge in [-0.15, -0.1) is 0 Å². The van der Waals surface area contributed by atoms with Gasteiger partial charge in [-0.2, -0.15) is 0 Å². The number of hydrogen-bond donors (Lipinski definition) is 1. The third-order valence-electron chi connectivity index (χ3n) is 4.54. The summed E-state index contributed by atoms with van der Waals surface area (Å²) in [5.74, 6) is -1.03. The molecule has 3 aromatic rings. The van der Waals surface area contributed by atoms with Crippen LogP contribution >= 0.6 is 11.6 Å². The highest BCUT2D eigenvalue weighted by atomic mass is 35.5. The van der Waals surface area contributed by atoms with Crippen LogP contribution in [0, 0.1) is 13.8 Å². The molecule has 3 rings (SSSR count). The van der Waals surface area contributed by atoms with E-state index < -0.39 is 5.97 Å². The van der Waals surface area contributed by atoms with E-state index in [1.807, 2.05) is 24.5 Å². The van der Waals surface area contributed by atoms with Crippen molar-refractivity contribution in [2.24, 2.45) is 4.99 Å². The largest absolute Gasteiger partial charge is 0.478 e. The van der Waals surface area contributed by atoms with Gasteiger partial charge in [0.05, 0.1) is 16.3 Å². The molecule has 1 heterocycles. The van der Waals surface area contributed by atoms with Gasteiger partial charge >= 0.3 is 5.97 Å². The number of aromatic nitrogens is 1. The van der Waals surface area contributed by atoms with E-state index in [1.54, 1.807) is 42.6 Å². The van der Waals surface area contributed by atoms with E-state index in [0.29, 0.717) is 5.56 Å². The summed E-state index contributed by atoms with van der Waals surface area (Å²) >= 11 is 6.12. The van der Waals surface area contributed by atoms with E-state index in [-0.39, 0.29) is 16.4 Å². The lowest BCUT2D eigenvalue weighted by molar-refractivity contribution is 0.0697. The first-order valence-electron chi connectivity index (χ1n) is 8.65. The van der Waals surface area contributed by atoms with Crippen LogP contribution in [0.5, 0.6) is 0 Å². The van der Waals surface area contributed by atoms with Crippen molar-refractivity contribution in [2.45, 2.75) is 20.8 Å². The Hall–Kier alpha value is -3.18. The molecule has 0 spiro atoms. The maximum absolute atomic E-state index is 11.4. The second-order valence-corrected chi connectivity index (χ2v) is 6.90. The summed E-state index contributed by atoms with van der Waals surface area (Å²) in [6, 6.07) is 14.0. The summed E-state index contributed by atoms with van der Waals surface area (Å²) < 4.78 is 2.00. The van der Waals surface area contributed by atoms with Crippen molar-refractivity contribution in [2.75, 3.05) is 0 Å². The molecule has 0 radical (unpaired) electrons. The molecule has 0 saturated carbocycles. The third kappa shape index (κ3) is 3.89. The number of nitrogens with zero attached hydrogens (tertiary/aromatic N) is 2. The molecule has 0 amide bonds. The average molecular weight is 395 g/mol. The van der Waals surface area contributed by atoms with Gasteiger partial charge in [-0.05, 0) is 69.3 Å². The van der Waals surface area contributed by atoms with Crippen LogP contribution in [0.4, 0.5) is 5.69 Å². The van der Waals surface area contributed by atoms with Crippen molar-refractivity contribution in [1.82, 2.24) is 4.57 Å². The van der Waals surface area contributed by atoms with Crippen LogP contribution < -0.4 is 0 Å². The Morgan fingerprint density at radius 3 is 2.32 bits per heavy atom. The average Bonchev–Trinajstić information content (AvgIpc) is 2.93. The molecule has 0 aliphatic heterocycles. The number of ketones is 1. The molecular weight excluding hydrogens is 376 g/mol. The summed E-state index contributed by atoms with van der Waals surface area (Å²) in [6.07, 6.45) is 1.77. The fourth-order valence-electron chi connectivity index (χ4n) is 3.06. The Bertz CT molecular complexity index is 1100. The van der Waals surface area contributed by atoms with Crippen molar-refractivity contribution in [3.63, 3.8) is 0 Å². The highest BCUT2D eigenvalue weighted by Crippen LogP contribution is 2.25. The Labute approximate surface area is 167 Å². The van der Waals surface area contributed by atoms with Crippen LogP contribution in [0.3, 0.4) is 0 Å². The van der Waals surface area contributed by atoms with Crippen LogP contribution in [0.1, 0.15) is 44.6 Å². The summed E-state index contributed by atoms with van der Waals surface area (Å²) in [6.45, 7) is 5.46. The van der Waals surface area contributed by atoms with Crippen LogP contribution in [0.2, 0.25) is 5.02 Å². The number of halogens is 1. The number of carboxylic acid groups (broad SMARTS) is 1. The molecule has 0 fully saturated rings. The molecule has 6 heteroatoms. The monoisotopic (exact) mass is 394 g/mol. The van der Waals surface area contributed by atoms with Gasteiger partial charge < -0.3 is 9.67 Å². The topological polar surface area (TPSA) is 71.7 Å². The molecule has 0 aliphatic carbocycles. The van der Waals surface area contributed by atoms with Crippen molar-refractivity contribution in [1.29, 1.82) is 0 Å². The number of benzene rings is 2. The molecule has 0 aliphatic rings. The molecule has 0 atom stereocenters. The minimum Gasteiger partial charge on any atom is -0.478 e. The number of aryl methyl sites for hydroxylation is 1. The first-order valence-corrected chi connectivity index (χ1v) is 9.03. The lowest BCUT2D eigenvalue weighted by Crippen LogP contribution is -2.02. The molecule has 1 N–H and O–H groups in total. The molecule has 0 saturated heterocycles. The fourth-order valence-corrected chi connectivity index (χ4v) is 3.31. The second kappa shape index (κ2) is 7.82. The minimum atomic E-state index is -1.05. The van der Waals surface area contributed by atoms with E-state index in [2.05, 4.69) is 4.99 Å². The zero-order valence-corrected chi connectivity index (χ0v) is 16.5. The molecule has 28 heavy (non-hydrogen) atoms. The molecule has 142 valence electrons. The number of carbonyl (C=O) groups excluding carboxylic acids is 1. The number of carbonyl (C=O) groups is 2. The normalized spacial score (nSPS) is 11.1. The van der Waals surface area contributed by atoms with E-state index in [0.717, 1.165) is 28.3 Å². The van der Waals surface area contributed by atoms with Gasteiger partial charge in [-0.3, -0.25) is 9.79 Å². The van der Waals surface area contributed by atoms with Crippen molar-refractivity contribution in [3.8, 4) is 5.69 Å². The van der Waals surface area contributed by atoms with Gasteiger partial charge in [0.2, 0.25) is 0 Å². The van der Waals surface area contributed by atoms with Crippen molar-refractivity contribution >= 4 is 35.3 Å². The number of Topliss-reactive ketones (excluding diaryl/α,β-unsaturated/α-hetero) is 1. The zero-order valence-electron chi connectivity index (χ0n) is 15.7. The first-order chi connectivity index (χ1) is 13.3. The number of carboxylic acids is 1. The SMILES string of the molecule is CC(=O)c1ccc(N=Cc2cc(C)n(-c3ccc(C(=O)O)c(Cl)c3)c2C)cc1. The molecule has 0 unspecified atom stereocenters. The summed E-state index contributed by atoms with van der Waals surface area (Å²) in [5.41, 5.74) is 5.14. The fraction of sp³-hybridized carbons (Fsp3) is 0.136. The Balaban J connectivity index is 1.92. The second-order valence-electron chi connectivity index (χ2n) is 6.49. The Morgan fingerprint density at radius 1 is 1.07 bits per heavy atom. The van der Waals surface area contributed by atoms with E-state index in [1.165, 1.54) is 13.0 Å². The van der Waals surface area contributed by atoms with Gasteiger partial charge in [-0.25, -0.2) is 4.79 Å². The highest BCUT2D eigenvalue weighted by Gasteiger charge is 2.13. The smallest absolute Gasteiger partial charge is 0.337 e. The maximum Gasteiger partial charge on any atom is 0.337 e. The molecule has 0 bridgehead atoms. The zero-order chi connectivity index (χ0) is 20.4. The van der Waals surface area contributed by atoms with Gasteiger partial charge in [-0.1, -0.05) is 11.6 Å². The number of aliphatic imine (C=N–C) groups is 1. The highest BCUT2D eigenvalue weighted by molar-refractivity contribution is 6.33. The van der Waals surface area contributed by atoms with E-state index >= 15 is 0 Å². The first kappa shape index (κ1) is 19.6. The minimum absolute atomic E-state index is 0.0200. The summed E-state index contributed by atoms with van der Waals surface area (Å²) in [7, 11) is 0. The van der Waals surface area contributed by atoms with E-state index in [9.17, 15) is 9.59 Å². The van der Waals surface area contributed by atoms with Gasteiger partial charge in [0.25, 0.3) is 0 Å². The lowest BCUT2D eigenvalue weighted by Gasteiger charge is -2.11. The number of hydrogen-bond acceptors (Lipinski definition) is 3. The quantitative estimate of drug-likeness (QED) is 0.465. The predicted octanol–water partition coefficient (Wildman–Crippen LogP) is 5.40. The molecule has 1 aromatic heterocycles. The standard InChI is InChI=1S/C22H19ClN2O3/c1-13-10-17(12-24-18-6-4-16(5-7-18)15(3)26)14(2)25(13)19-8-9-20(22(27)28)21(23)11-19/h4-12H,1-3H3,(H,27,28). The summed E-state index contributed by atoms with van der Waals surface area (Å²) in [4.78, 5) is 27.0. The number of rotatable bonds is 5. The van der Waals surface area contributed by atoms with Crippen molar-refractivity contribution < 1.29 is 14.7 Å². The third-order valence-corrected chi connectivity index (χ3v) is 4.85. The van der Waals surface area contributed by atoms with Gasteiger partial charge in [0.1, 0.15) is 0 Å². The summed E-state index contributed by atoms with van der Waals surface area (Å²) in [5, 5.41) is 9.33. The van der Waals surface area contributed by atoms with Crippen LogP contribution in [-0.4, -0.2) is 27.6 Å². The van der Waals surface area contributed by atoms with Crippen LogP contribution in [0.15, 0.2) is 53.5 Å². The van der Waals surface area contributed by atoms with Crippen LogP contribution in [-0.2, 0) is 0 Å². The van der Waals surface area contributed by atoms with Crippen LogP contribution in [0.25, 0.3) is 5.69 Å². The Kier molecular flexibility index (Phi) is 5.47. The van der Waals surface area contributed by atoms with E-state index in [4.69, 9.17) is 16.7 Å². The number of aromatic carboxylic acids is 1. The van der Waals surface area contributed by atoms with Gasteiger partial charge in [0, 0.05) is 34.4 Å². The van der Waals surface area contributed by atoms with Crippen molar-refractivity contribution in [3.05, 3.63) is 81.6 Å².